The summed E-state index contributed by atoms with van der Waals surface area (Å²) in [6.07, 6.45) is 5.59. The molecule has 0 amide bonds. The van der Waals surface area contributed by atoms with Crippen molar-refractivity contribution in [2.75, 3.05) is 13.2 Å². The predicted molar refractivity (Wildman–Crippen MR) is 98.0 cm³/mol. The van der Waals surface area contributed by atoms with E-state index in [0.29, 0.717) is 6.42 Å². The molecule has 3 rings (SSSR count). The van der Waals surface area contributed by atoms with E-state index in [1.54, 1.807) is 6.26 Å². The minimum absolute atomic E-state index is 0.121. The summed E-state index contributed by atoms with van der Waals surface area (Å²) in [5.74, 6) is 1.01. The van der Waals surface area contributed by atoms with E-state index in [1.165, 1.54) is 11.1 Å². The second-order valence-corrected chi connectivity index (χ2v) is 6.68. The van der Waals surface area contributed by atoms with Gasteiger partial charge in [-0.15, -0.1) is 0 Å². The number of nitrogens with zero attached hydrogens (tertiary/aromatic N) is 1. The van der Waals surface area contributed by atoms with Gasteiger partial charge in [-0.1, -0.05) is 36.7 Å². The van der Waals surface area contributed by atoms with Crippen molar-refractivity contribution in [2.24, 2.45) is 0 Å². The summed E-state index contributed by atoms with van der Waals surface area (Å²) >= 11 is 6.26. The molecule has 1 N–H and O–H groups in total. The third-order valence-corrected chi connectivity index (χ3v) is 4.88. The summed E-state index contributed by atoms with van der Waals surface area (Å²) in [7, 11) is 0. The molecule has 4 heteroatoms. The minimum Gasteiger partial charge on any atom is -0.467 e. The van der Waals surface area contributed by atoms with Crippen LogP contribution in [0.3, 0.4) is 0 Å². The first-order valence-corrected chi connectivity index (χ1v) is 8.95. The first-order valence-electron chi connectivity index (χ1n) is 8.57. The first-order chi connectivity index (χ1) is 11.7. The number of fused-ring (bicyclic) bond motifs is 1. The Hall–Kier alpha value is -1.55. The highest BCUT2D eigenvalue weighted by atomic mass is 35.5. The van der Waals surface area contributed by atoms with Crippen LogP contribution >= 0.6 is 11.6 Å². The molecule has 0 saturated carbocycles. The average molecular weight is 346 g/mol. The van der Waals surface area contributed by atoms with Crippen LogP contribution in [0.2, 0.25) is 5.02 Å². The Kier molecular flexibility index (Phi) is 5.44. The van der Waals surface area contributed by atoms with Crippen molar-refractivity contribution in [3.05, 3.63) is 64.6 Å². The fourth-order valence-corrected chi connectivity index (χ4v) is 3.85. The van der Waals surface area contributed by atoms with Crippen molar-refractivity contribution in [3.63, 3.8) is 0 Å². The molecule has 2 aromatic rings. The highest BCUT2D eigenvalue weighted by Gasteiger charge is 2.37. The molecule has 1 aliphatic rings. The lowest BCUT2D eigenvalue weighted by Crippen LogP contribution is -2.36. The van der Waals surface area contributed by atoms with Gasteiger partial charge in [0.1, 0.15) is 5.76 Å². The van der Waals surface area contributed by atoms with Crippen molar-refractivity contribution in [2.45, 2.75) is 38.8 Å². The van der Waals surface area contributed by atoms with E-state index in [4.69, 9.17) is 16.0 Å². The maximum absolute atomic E-state index is 9.31. The number of benzene rings is 1. The summed E-state index contributed by atoms with van der Waals surface area (Å²) in [6, 6.07) is 10.4. The van der Waals surface area contributed by atoms with Crippen LogP contribution in [0, 0.1) is 0 Å². The minimum atomic E-state index is 0.121. The number of hydrogen-bond donors (Lipinski definition) is 1. The van der Waals surface area contributed by atoms with E-state index in [1.807, 2.05) is 24.3 Å². The number of aliphatic hydroxyl groups excluding tert-OH is 1. The second-order valence-electron chi connectivity index (χ2n) is 6.24. The topological polar surface area (TPSA) is 36.6 Å². The van der Waals surface area contributed by atoms with Crippen LogP contribution in [0.4, 0.5) is 0 Å². The predicted octanol–water partition coefficient (Wildman–Crippen LogP) is 5.23. The molecular formula is C20H24ClNO2. The molecule has 0 unspecified atom stereocenters. The summed E-state index contributed by atoms with van der Waals surface area (Å²) in [5.41, 5.74) is 3.52. The van der Waals surface area contributed by atoms with Gasteiger partial charge in [0.15, 0.2) is 0 Å². The van der Waals surface area contributed by atoms with Crippen LogP contribution in [0.5, 0.6) is 0 Å². The van der Waals surface area contributed by atoms with E-state index >= 15 is 0 Å². The van der Waals surface area contributed by atoms with Gasteiger partial charge in [0.2, 0.25) is 0 Å². The maximum atomic E-state index is 9.31. The van der Waals surface area contributed by atoms with Gasteiger partial charge in [-0.25, -0.2) is 0 Å². The van der Waals surface area contributed by atoms with Gasteiger partial charge >= 0.3 is 0 Å². The third kappa shape index (κ3) is 3.16. The number of aliphatic hydroxyl groups is 1. The molecule has 0 aliphatic carbocycles. The van der Waals surface area contributed by atoms with E-state index in [0.717, 1.165) is 29.3 Å². The summed E-state index contributed by atoms with van der Waals surface area (Å²) < 4.78 is 5.79. The summed E-state index contributed by atoms with van der Waals surface area (Å²) in [4.78, 5) is 2.46. The zero-order valence-corrected chi connectivity index (χ0v) is 15.0. The smallest absolute Gasteiger partial charge is 0.128 e. The quantitative estimate of drug-likeness (QED) is 0.806. The summed E-state index contributed by atoms with van der Waals surface area (Å²) in [6.45, 7) is 5.49. The van der Waals surface area contributed by atoms with Crippen LogP contribution in [-0.2, 0) is 0 Å². The molecule has 1 aliphatic heterocycles. The van der Waals surface area contributed by atoms with Crippen molar-refractivity contribution in [1.82, 2.24) is 4.90 Å². The fourth-order valence-electron chi connectivity index (χ4n) is 3.65. The molecule has 2 atom stereocenters. The number of halogens is 1. The van der Waals surface area contributed by atoms with Crippen LogP contribution in [-0.4, -0.2) is 23.2 Å². The van der Waals surface area contributed by atoms with Gasteiger partial charge in [0, 0.05) is 17.2 Å². The standard InChI is InChI=1S/C20H24ClNO2/c1-3-10-22-14(2)20-18(9-12-24-20)17(8-5-11-23)19(22)15-6-4-7-16(21)13-15/h4,6-9,12-14,19,23H,3,5,10-11H2,1-2H3/b17-8+/t14-,19-/m1/s1. The Morgan fingerprint density at radius 1 is 1.33 bits per heavy atom. The molecular weight excluding hydrogens is 322 g/mol. The molecule has 0 bridgehead atoms. The Bertz CT molecular complexity index is 722. The van der Waals surface area contributed by atoms with Gasteiger partial charge in [-0.3, -0.25) is 4.90 Å². The molecule has 0 spiro atoms. The van der Waals surface area contributed by atoms with Gasteiger partial charge in [-0.2, -0.15) is 0 Å². The monoisotopic (exact) mass is 345 g/mol. The molecule has 3 nitrogen and oxygen atoms in total. The normalized spacial score (nSPS) is 22.8. The van der Waals surface area contributed by atoms with Gasteiger partial charge in [-0.05, 0) is 55.6 Å². The third-order valence-electron chi connectivity index (χ3n) is 4.65. The van der Waals surface area contributed by atoms with Gasteiger partial charge in [0.25, 0.3) is 0 Å². The van der Waals surface area contributed by atoms with E-state index in [2.05, 4.69) is 30.9 Å². The van der Waals surface area contributed by atoms with Crippen LogP contribution in [0.15, 0.2) is 47.1 Å². The van der Waals surface area contributed by atoms with Crippen LogP contribution in [0.25, 0.3) is 5.57 Å². The second kappa shape index (κ2) is 7.56. The van der Waals surface area contributed by atoms with Crippen molar-refractivity contribution >= 4 is 17.2 Å². The molecule has 0 fully saturated rings. The molecule has 0 radical (unpaired) electrons. The fraction of sp³-hybridized carbons (Fsp3) is 0.400. The molecule has 2 heterocycles. The van der Waals surface area contributed by atoms with Crippen LogP contribution < -0.4 is 0 Å². The van der Waals surface area contributed by atoms with Crippen molar-refractivity contribution in [3.8, 4) is 0 Å². The number of rotatable bonds is 5. The molecule has 1 aromatic carbocycles. The zero-order chi connectivity index (χ0) is 17.1. The molecule has 1 aromatic heterocycles. The molecule has 128 valence electrons. The lowest BCUT2D eigenvalue weighted by atomic mass is 9.84. The Morgan fingerprint density at radius 3 is 2.88 bits per heavy atom. The lowest BCUT2D eigenvalue weighted by Gasteiger charge is -2.41. The molecule has 24 heavy (non-hydrogen) atoms. The van der Waals surface area contributed by atoms with E-state index < -0.39 is 0 Å². The van der Waals surface area contributed by atoms with E-state index in [9.17, 15) is 5.11 Å². The Morgan fingerprint density at radius 2 is 2.17 bits per heavy atom. The Balaban J connectivity index is 2.15. The SMILES string of the molecule is CCCN1[C@H](C)c2occc2/C(=C\CCO)[C@H]1c1cccc(Cl)c1. The number of furan rings is 1. The van der Waals surface area contributed by atoms with Crippen molar-refractivity contribution in [1.29, 1.82) is 0 Å². The Labute approximate surface area is 148 Å². The van der Waals surface area contributed by atoms with Crippen LogP contribution in [0.1, 0.15) is 55.7 Å². The van der Waals surface area contributed by atoms with Crippen molar-refractivity contribution < 1.29 is 9.52 Å². The average Bonchev–Trinajstić information content (AvgIpc) is 3.06. The first kappa shape index (κ1) is 17.3. The lowest BCUT2D eigenvalue weighted by molar-refractivity contribution is 0.149. The van der Waals surface area contributed by atoms with Gasteiger partial charge in [0.05, 0.1) is 18.3 Å². The van der Waals surface area contributed by atoms with Gasteiger partial charge < -0.3 is 9.52 Å². The number of hydrogen-bond acceptors (Lipinski definition) is 3. The maximum Gasteiger partial charge on any atom is 0.128 e. The zero-order valence-electron chi connectivity index (χ0n) is 14.2. The molecule has 0 saturated heterocycles. The van der Waals surface area contributed by atoms with E-state index in [-0.39, 0.29) is 18.7 Å². The highest BCUT2D eigenvalue weighted by Crippen LogP contribution is 2.47. The highest BCUT2D eigenvalue weighted by molar-refractivity contribution is 6.30. The summed E-state index contributed by atoms with van der Waals surface area (Å²) in [5, 5.41) is 10.1. The largest absolute Gasteiger partial charge is 0.467 e.